The van der Waals surface area contributed by atoms with E-state index in [4.69, 9.17) is 22.9 Å². The van der Waals surface area contributed by atoms with E-state index < -0.39 is 11.8 Å². The first-order chi connectivity index (χ1) is 10.4. The molecule has 0 heterocycles. The van der Waals surface area contributed by atoms with Gasteiger partial charge in [-0.1, -0.05) is 21.6 Å². The summed E-state index contributed by atoms with van der Waals surface area (Å²) in [5.74, 6) is -1.13. The van der Waals surface area contributed by atoms with Gasteiger partial charge in [-0.2, -0.15) is 0 Å². The Kier molecular flexibility index (Phi) is 4.84. The first-order valence-electron chi connectivity index (χ1n) is 6.11. The average Bonchev–Trinajstić information content (AvgIpc) is 2.46. The Labute approximate surface area is 135 Å². The number of carbonyl (C=O) groups is 2. The van der Waals surface area contributed by atoms with E-state index in [1.807, 2.05) is 0 Å². The molecule has 8 heteroatoms. The number of amides is 2. The molecule has 2 aromatic carbocycles. The Morgan fingerprint density at radius 1 is 0.727 bits per heavy atom. The lowest BCUT2D eigenvalue weighted by molar-refractivity contribution is 0.0989. The van der Waals surface area contributed by atoms with Crippen LogP contribution in [0.25, 0.3) is 0 Å². The van der Waals surface area contributed by atoms with Crippen molar-refractivity contribution < 1.29 is 9.59 Å². The fourth-order valence-corrected chi connectivity index (χ4v) is 4.05. The van der Waals surface area contributed by atoms with Crippen LogP contribution in [0, 0.1) is 0 Å². The number of nitrogens with two attached hydrogens (primary N) is 4. The van der Waals surface area contributed by atoms with Crippen LogP contribution in [-0.4, -0.2) is 11.8 Å². The molecule has 0 atom stereocenters. The minimum absolute atomic E-state index is 0.327. The summed E-state index contributed by atoms with van der Waals surface area (Å²) in [4.78, 5) is 24.2. The van der Waals surface area contributed by atoms with Gasteiger partial charge in [0, 0.05) is 21.2 Å². The summed E-state index contributed by atoms with van der Waals surface area (Å²) in [6.45, 7) is 0. The number of hydrogen-bond acceptors (Lipinski definition) is 6. The van der Waals surface area contributed by atoms with Gasteiger partial charge < -0.3 is 22.9 Å². The summed E-state index contributed by atoms with van der Waals surface area (Å²) in [5, 5.41) is 0. The van der Waals surface area contributed by atoms with Gasteiger partial charge in [-0.3, -0.25) is 9.59 Å². The maximum atomic E-state index is 11.5. The van der Waals surface area contributed by atoms with Crippen molar-refractivity contribution in [2.75, 3.05) is 11.5 Å². The van der Waals surface area contributed by atoms with Gasteiger partial charge in [0.05, 0.1) is 11.1 Å². The Balaban J connectivity index is 2.28. The Hall–Kier alpha value is -2.32. The minimum atomic E-state index is -0.567. The van der Waals surface area contributed by atoms with E-state index in [9.17, 15) is 9.59 Å². The number of benzene rings is 2. The van der Waals surface area contributed by atoms with Crippen molar-refractivity contribution in [2.24, 2.45) is 11.5 Å². The van der Waals surface area contributed by atoms with Crippen LogP contribution in [-0.2, 0) is 0 Å². The molecule has 0 fully saturated rings. The van der Waals surface area contributed by atoms with Gasteiger partial charge in [0.25, 0.3) is 0 Å². The van der Waals surface area contributed by atoms with Crippen LogP contribution in [0.4, 0.5) is 11.4 Å². The first kappa shape index (κ1) is 16.1. The lowest BCUT2D eigenvalue weighted by Crippen LogP contribution is -2.13. The summed E-state index contributed by atoms with van der Waals surface area (Å²) in [7, 11) is 2.57. The molecule has 2 rings (SSSR count). The molecule has 0 saturated carbocycles. The number of anilines is 2. The van der Waals surface area contributed by atoms with E-state index in [0.29, 0.717) is 32.3 Å². The molecule has 22 heavy (non-hydrogen) atoms. The molecule has 6 nitrogen and oxygen atoms in total. The van der Waals surface area contributed by atoms with Crippen molar-refractivity contribution in [3.05, 3.63) is 47.5 Å². The fourth-order valence-electron chi connectivity index (χ4n) is 1.72. The van der Waals surface area contributed by atoms with Crippen molar-refractivity contribution in [2.45, 2.75) is 9.79 Å². The minimum Gasteiger partial charge on any atom is -0.399 e. The van der Waals surface area contributed by atoms with Gasteiger partial charge in [0.2, 0.25) is 11.8 Å². The highest BCUT2D eigenvalue weighted by atomic mass is 33.1. The maximum Gasteiger partial charge on any atom is 0.249 e. The molecule has 0 aliphatic carbocycles. The second kappa shape index (κ2) is 6.63. The Morgan fingerprint density at radius 3 is 1.41 bits per heavy atom. The van der Waals surface area contributed by atoms with Crippen molar-refractivity contribution >= 4 is 44.8 Å². The molecule has 0 saturated heterocycles. The molecule has 0 bridgehead atoms. The molecule has 0 aliphatic heterocycles. The van der Waals surface area contributed by atoms with Crippen LogP contribution in [0.15, 0.2) is 46.2 Å². The van der Waals surface area contributed by atoms with Gasteiger partial charge >= 0.3 is 0 Å². The van der Waals surface area contributed by atoms with Crippen molar-refractivity contribution in [3.63, 3.8) is 0 Å². The first-order valence-corrected chi connectivity index (χ1v) is 8.26. The standard InChI is InChI=1S/C14H14N4O2S2/c15-7-1-3-11(9(5-7)13(17)19)21-22-12-4-2-8(16)6-10(12)14(18)20/h1-6H,15-16H2,(H2,17,19)(H2,18,20). The van der Waals surface area contributed by atoms with Crippen LogP contribution in [0.1, 0.15) is 20.7 Å². The van der Waals surface area contributed by atoms with E-state index in [0.717, 1.165) is 0 Å². The summed E-state index contributed by atoms with van der Waals surface area (Å²) in [6, 6.07) is 9.79. The zero-order valence-corrected chi connectivity index (χ0v) is 13.0. The highest BCUT2D eigenvalue weighted by molar-refractivity contribution is 8.76. The SMILES string of the molecule is NC(=O)c1cc(N)ccc1SSc1ccc(N)cc1C(N)=O. The molecule has 0 unspecified atom stereocenters. The van der Waals surface area contributed by atoms with Crippen LogP contribution in [0.3, 0.4) is 0 Å². The van der Waals surface area contributed by atoms with Gasteiger partial charge in [-0.15, -0.1) is 0 Å². The van der Waals surface area contributed by atoms with Gasteiger partial charge in [-0.25, -0.2) is 0 Å². The highest BCUT2D eigenvalue weighted by Crippen LogP contribution is 2.41. The van der Waals surface area contributed by atoms with Crippen LogP contribution < -0.4 is 22.9 Å². The molecule has 0 radical (unpaired) electrons. The van der Waals surface area contributed by atoms with Gasteiger partial charge in [-0.05, 0) is 36.4 Å². The van der Waals surface area contributed by atoms with Crippen LogP contribution in [0.5, 0.6) is 0 Å². The third-order valence-corrected chi connectivity index (χ3v) is 5.24. The van der Waals surface area contributed by atoms with Crippen molar-refractivity contribution in [3.8, 4) is 0 Å². The van der Waals surface area contributed by atoms with E-state index >= 15 is 0 Å². The molecular weight excluding hydrogens is 320 g/mol. The molecule has 114 valence electrons. The zero-order valence-electron chi connectivity index (χ0n) is 11.4. The number of rotatable bonds is 5. The van der Waals surface area contributed by atoms with Crippen LogP contribution in [0.2, 0.25) is 0 Å². The van der Waals surface area contributed by atoms with Crippen LogP contribution >= 0.6 is 21.6 Å². The second-order valence-corrected chi connectivity index (χ2v) is 6.62. The number of primary amides is 2. The molecule has 0 aliphatic rings. The lowest BCUT2D eigenvalue weighted by atomic mass is 10.2. The maximum absolute atomic E-state index is 11.5. The Bertz CT molecular complexity index is 686. The molecule has 0 aromatic heterocycles. The summed E-state index contributed by atoms with van der Waals surface area (Å²) < 4.78 is 0. The molecular formula is C14H14N4O2S2. The van der Waals surface area contributed by atoms with Gasteiger partial charge in [0.15, 0.2) is 0 Å². The molecule has 0 spiro atoms. The van der Waals surface area contributed by atoms with Gasteiger partial charge in [0.1, 0.15) is 0 Å². The second-order valence-electron chi connectivity index (χ2n) is 4.41. The molecule has 2 aromatic rings. The molecule has 8 N–H and O–H groups in total. The summed E-state index contributed by atoms with van der Waals surface area (Å²) in [6.07, 6.45) is 0. The third kappa shape index (κ3) is 3.66. The van der Waals surface area contributed by atoms with E-state index in [1.165, 1.54) is 33.7 Å². The van der Waals surface area contributed by atoms with E-state index in [-0.39, 0.29) is 0 Å². The van der Waals surface area contributed by atoms with E-state index in [2.05, 4.69) is 0 Å². The fraction of sp³-hybridized carbons (Fsp3) is 0. The summed E-state index contributed by atoms with van der Waals surface area (Å²) in [5.41, 5.74) is 23.6. The Morgan fingerprint density at radius 2 is 1.09 bits per heavy atom. The highest BCUT2D eigenvalue weighted by Gasteiger charge is 2.13. The predicted molar refractivity (Wildman–Crippen MR) is 90.5 cm³/mol. The van der Waals surface area contributed by atoms with Crippen molar-refractivity contribution in [1.82, 2.24) is 0 Å². The monoisotopic (exact) mass is 334 g/mol. The number of nitrogen functional groups attached to an aromatic ring is 2. The lowest BCUT2D eigenvalue weighted by Gasteiger charge is -2.09. The third-order valence-electron chi connectivity index (χ3n) is 2.76. The topological polar surface area (TPSA) is 138 Å². The molecule has 2 amide bonds. The normalized spacial score (nSPS) is 10.4. The largest absolute Gasteiger partial charge is 0.399 e. The predicted octanol–water partition coefficient (Wildman–Crippen LogP) is 1.85. The van der Waals surface area contributed by atoms with E-state index in [1.54, 1.807) is 24.3 Å². The average molecular weight is 334 g/mol. The number of carbonyl (C=O) groups excluding carboxylic acids is 2. The number of hydrogen-bond donors (Lipinski definition) is 4. The smallest absolute Gasteiger partial charge is 0.249 e. The zero-order chi connectivity index (χ0) is 16.3. The quantitative estimate of drug-likeness (QED) is 0.486. The summed E-state index contributed by atoms with van der Waals surface area (Å²) >= 11 is 0. The van der Waals surface area contributed by atoms with Crippen molar-refractivity contribution in [1.29, 1.82) is 0 Å².